The van der Waals surface area contributed by atoms with Crippen molar-refractivity contribution in [3.63, 3.8) is 0 Å². The average Bonchev–Trinajstić information content (AvgIpc) is 2.49. The normalized spacial score (nSPS) is 13.3. The Kier molecular flexibility index (Phi) is 7.84. The largest absolute Gasteiger partial charge is 0.382 e. The second kappa shape index (κ2) is 9.11. The second-order valence-electron chi connectivity index (χ2n) is 4.70. The van der Waals surface area contributed by atoms with Crippen molar-refractivity contribution in [3.05, 3.63) is 29.8 Å². The Bertz CT molecular complexity index is 502. The summed E-state index contributed by atoms with van der Waals surface area (Å²) in [7, 11) is -0.471. The van der Waals surface area contributed by atoms with Gasteiger partial charge in [-0.2, -0.15) is 0 Å². The van der Waals surface area contributed by atoms with E-state index in [1.165, 1.54) is 7.11 Å². The Hall–Kier alpha value is -0.990. The van der Waals surface area contributed by atoms with Crippen LogP contribution in [0, 0.1) is 0 Å². The van der Waals surface area contributed by atoms with E-state index in [0.29, 0.717) is 13.2 Å². The summed E-state index contributed by atoms with van der Waals surface area (Å²) in [6.07, 6.45) is 1.43. The maximum absolute atomic E-state index is 12.2. The van der Waals surface area contributed by atoms with Crippen molar-refractivity contribution in [2.75, 3.05) is 33.9 Å². The van der Waals surface area contributed by atoms with Crippen LogP contribution in [0.5, 0.6) is 0 Å². The van der Waals surface area contributed by atoms with Crippen LogP contribution in [0.1, 0.15) is 12.0 Å². The lowest BCUT2D eigenvalue weighted by molar-refractivity contribution is 0.0320. The summed E-state index contributed by atoms with van der Waals surface area (Å²) in [6.45, 7) is 1.12. The van der Waals surface area contributed by atoms with Gasteiger partial charge >= 0.3 is 0 Å². The molecule has 1 aromatic rings. The first kappa shape index (κ1) is 18.1. The fraction of sp³-hybridized carbons (Fsp3) is 0.571. The van der Waals surface area contributed by atoms with Crippen LogP contribution < -0.4 is 10.5 Å². The molecule has 0 heterocycles. The summed E-state index contributed by atoms with van der Waals surface area (Å²) < 4.78 is 36.9. The van der Waals surface area contributed by atoms with Gasteiger partial charge in [0.25, 0.3) is 0 Å². The van der Waals surface area contributed by atoms with Gasteiger partial charge in [-0.15, -0.1) is 0 Å². The molecule has 0 amide bonds. The predicted molar refractivity (Wildman–Crippen MR) is 81.7 cm³/mol. The first-order valence-electron chi connectivity index (χ1n) is 6.84. The number of methoxy groups -OCH3 is 2. The molecule has 7 heteroatoms. The second-order valence-corrected chi connectivity index (χ2v) is 6.47. The third kappa shape index (κ3) is 6.11. The number of benzene rings is 1. The Morgan fingerprint density at radius 1 is 1.24 bits per heavy atom. The number of nitrogens with two attached hydrogens (primary N) is 1. The van der Waals surface area contributed by atoms with Gasteiger partial charge in [0.15, 0.2) is 0 Å². The topological polar surface area (TPSA) is 90.7 Å². The Labute approximate surface area is 126 Å². The molecule has 1 aromatic carbocycles. The monoisotopic (exact) mass is 316 g/mol. The third-order valence-electron chi connectivity index (χ3n) is 3.09. The highest BCUT2D eigenvalue weighted by Gasteiger charge is 2.16. The quantitative estimate of drug-likeness (QED) is 0.656. The lowest BCUT2D eigenvalue weighted by atomic mass is 10.1. The van der Waals surface area contributed by atoms with E-state index >= 15 is 0 Å². The molecular weight excluding hydrogens is 292 g/mol. The molecule has 6 nitrogen and oxygen atoms in total. The van der Waals surface area contributed by atoms with Crippen LogP contribution >= 0.6 is 0 Å². The highest BCUT2D eigenvalue weighted by Crippen LogP contribution is 2.11. The minimum atomic E-state index is -3.53. The molecule has 21 heavy (non-hydrogen) atoms. The molecule has 3 N–H and O–H groups in total. The van der Waals surface area contributed by atoms with E-state index in [2.05, 4.69) is 4.72 Å². The number of rotatable bonds is 10. The molecule has 120 valence electrons. The highest BCUT2D eigenvalue weighted by atomic mass is 32.2. The van der Waals surface area contributed by atoms with E-state index in [9.17, 15) is 8.42 Å². The summed E-state index contributed by atoms with van der Waals surface area (Å²) in [6, 6.07) is 6.83. The summed E-state index contributed by atoms with van der Waals surface area (Å²) in [5.74, 6) is 0. The summed E-state index contributed by atoms with van der Waals surface area (Å²) in [5.41, 5.74) is 6.53. The molecule has 0 saturated heterocycles. The smallest absolute Gasteiger partial charge is 0.240 e. The number of ether oxygens (including phenoxy) is 2. The van der Waals surface area contributed by atoms with E-state index in [4.69, 9.17) is 15.2 Å². The molecule has 0 fully saturated rings. The standard InChI is InChI=1S/C14H24N2O4S/c1-19-11-13(20-2)10-16-21(17,18)14-7-5-12(6-8-14)4-3-9-15/h5-8,13,16H,3-4,9-11,15H2,1-2H3. The molecule has 1 unspecified atom stereocenters. The molecule has 0 aromatic heterocycles. The number of sulfonamides is 1. The maximum Gasteiger partial charge on any atom is 0.240 e. The van der Waals surface area contributed by atoms with E-state index in [1.54, 1.807) is 19.2 Å². The van der Waals surface area contributed by atoms with Crippen LogP contribution in [0.2, 0.25) is 0 Å². The molecule has 1 rings (SSSR count). The third-order valence-corrected chi connectivity index (χ3v) is 4.53. The van der Waals surface area contributed by atoms with Gasteiger partial charge in [0.2, 0.25) is 10.0 Å². The summed E-state index contributed by atoms with van der Waals surface area (Å²) in [4.78, 5) is 0.242. The van der Waals surface area contributed by atoms with E-state index in [0.717, 1.165) is 18.4 Å². The van der Waals surface area contributed by atoms with Gasteiger partial charge in [-0.1, -0.05) is 12.1 Å². The molecule has 0 aliphatic heterocycles. The molecule has 0 aliphatic carbocycles. The molecule has 0 bridgehead atoms. The van der Waals surface area contributed by atoms with Crippen LogP contribution in [0.15, 0.2) is 29.2 Å². The lowest BCUT2D eigenvalue weighted by Crippen LogP contribution is -2.35. The number of hydrogen-bond donors (Lipinski definition) is 2. The number of aryl methyl sites for hydroxylation is 1. The summed E-state index contributed by atoms with van der Waals surface area (Å²) >= 11 is 0. The van der Waals surface area contributed by atoms with Crippen molar-refractivity contribution in [2.45, 2.75) is 23.8 Å². The number of nitrogens with one attached hydrogen (secondary N) is 1. The first-order valence-corrected chi connectivity index (χ1v) is 8.32. The van der Waals surface area contributed by atoms with Crippen LogP contribution in [-0.4, -0.2) is 48.4 Å². The van der Waals surface area contributed by atoms with Crippen molar-refractivity contribution in [3.8, 4) is 0 Å². The molecule has 0 radical (unpaired) electrons. The first-order chi connectivity index (χ1) is 10.0. The predicted octanol–water partition coefficient (Wildman–Crippen LogP) is 0.518. The lowest BCUT2D eigenvalue weighted by Gasteiger charge is -2.15. The van der Waals surface area contributed by atoms with Crippen molar-refractivity contribution >= 4 is 10.0 Å². The van der Waals surface area contributed by atoms with Crippen LogP contribution in [0.3, 0.4) is 0 Å². The van der Waals surface area contributed by atoms with Crippen LogP contribution in [-0.2, 0) is 25.9 Å². The highest BCUT2D eigenvalue weighted by molar-refractivity contribution is 7.89. The molecule has 0 saturated carbocycles. The number of hydrogen-bond acceptors (Lipinski definition) is 5. The fourth-order valence-corrected chi connectivity index (χ4v) is 2.89. The van der Waals surface area contributed by atoms with Gasteiger partial charge in [0.05, 0.1) is 17.6 Å². The van der Waals surface area contributed by atoms with Crippen molar-refractivity contribution < 1.29 is 17.9 Å². The summed E-state index contributed by atoms with van der Waals surface area (Å²) in [5, 5.41) is 0. The Morgan fingerprint density at radius 3 is 2.43 bits per heavy atom. The molecule has 1 atom stereocenters. The zero-order chi connectivity index (χ0) is 15.7. The Morgan fingerprint density at radius 2 is 1.90 bits per heavy atom. The minimum Gasteiger partial charge on any atom is -0.382 e. The zero-order valence-electron chi connectivity index (χ0n) is 12.5. The SMILES string of the molecule is COCC(CNS(=O)(=O)c1ccc(CCCN)cc1)OC. The average molecular weight is 316 g/mol. The van der Waals surface area contributed by atoms with E-state index < -0.39 is 10.0 Å². The zero-order valence-corrected chi connectivity index (χ0v) is 13.4. The van der Waals surface area contributed by atoms with E-state index in [1.807, 2.05) is 12.1 Å². The molecular formula is C14H24N2O4S. The molecule has 0 aliphatic rings. The van der Waals surface area contributed by atoms with Gasteiger partial charge in [-0.25, -0.2) is 13.1 Å². The van der Waals surface area contributed by atoms with Gasteiger partial charge in [-0.3, -0.25) is 0 Å². The van der Waals surface area contributed by atoms with Crippen molar-refractivity contribution in [1.29, 1.82) is 0 Å². The van der Waals surface area contributed by atoms with E-state index in [-0.39, 0.29) is 17.5 Å². The van der Waals surface area contributed by atoms with Crippen molar-refractivity contribution in [1.82, 2.24) is 4.72 Å². The van der Waals surface area contributed by atoms with Gasteiger partial charge in [0.1, 0.15) is 0 Å². The van der Waals surface area contributed by atoms with Gasteiger partial charge in [-0.05, 0) is 37.1 Å². The molecule has 0 spiro atoms. The maximum atomic E-state index is 12.2. The van der Waals surface area contributed by atoms with Gasteiger partial charge in [0, 0.05) is 20.8 Å². The van der Waals surface area contributed by atoms with Gasteiger partial charge < -0.3 is 15.2 Å². The van der Waals surface area contributed by atoms with Crippen LogP contribution in [0.25, 0.3) is 0 Å². The van der Waals surface area contributed by atoms with Crippen molar-refractivity contribution in [2.24, 2.45) is 5.73 Å². The Balaban J connectivity index is 2.65. The fourth-order valence-electron chi connectivity index (χ4n) is 1.82. The minimum absolute atomic E-state index is 0.168. The van der Waals surface area contributed by atoms with Crippen LogP contribution in [0.4, 0.5) is 0 Å².